The minimum absolute atomic E-state index is 0.00999. The largest absolute Gasteiger partial charge is 0.327 e. The first-order valence-corrected chi connectivity index (χ1v) is 10.1. The molecule has 2 aromatic rings. The lowest BCUT2D eigenvalue weighted by molar-refractivity contribution is 0.0997. The molecule has 8 heteroatoms. The van der Waals surface area contributed by atoms with Crippen molar-refractivity contribution in [1.29, 1.82) is 0 Å². The molecule has 128 valence electrons. The average Bonchev–Trinajstić information content (AvgIpc) is 3.19. The van der Waals surface area contributed by atoms with Crippen LogP contribution in [0.2, 0.25) is 0 Å². The van der Waals surface area contributed by atoms with Crippen molar-refractivity contribution in [2.45, 2.75) is 36.6 Å². The number of amides is 1. The van der Waals surface area contributed by atoms with E-state index in [4.69, 9.17) is 0 Å². The predicted octanol–water partition coefficient (Wildman–Crippen LogP) is 2.05. The molecule has 0 aliphatic heterocycles. The van der Waals surface area contributed by atoms with Crippen LogP contribution in [-0.4, -0.2) is 24.9 Å². The van der Waals surface area contributed by atoms with Gasteiger partial charge in [0.1, 0.15) is 0 Å². The zero-order chi connectivity index (χ0) is 17.2. The fraction of sp³-hybridized carbons (Fsp3) is 0.375. The van der Waals surface area contributed by atoms with Crippen LogP contribution in [0.3, 0.4) is 0 Å². The molecule has 24 heavy (non-hydrogen) atoms. The van der Waals surface area contributed by atoms with E-state index in [2.05, 4.69) is 9.71 Å². The van der Waals surface area contributed by atoms with E-state index in [1.54, 1.807) is 23.7 Å². The molecule has 1 aliphatic rings. The SMILES string of the molecule is Cn1ccsc1=NC(=O)c1cccc(S(=O)(=O)NC2CCCC2)c1. The Morgan fingerprint density at radius 3 is 2.75 bits per heavy atom. The van der Waals surface area contributed by atoms with Gasteiger partial charge < -0.3 is 4.57 Å². The van der Waals surface area contributed by atoms with Gasteiger partial charge in [0.15, 0.2) is 4.80 Å². The smallest absolute Gasteiger partial charge is 0.279 e. The number of nitrogens with one attached hydrogen (secondary N) is 1. The molecule has 0 bridgehead atoms. The molecule has 0 unspecified atom stereocenters. The molecule has 0 radical (unpaired) electrons. The van der Waals surface area contributed by atoms with Crippen molar-refractivity contribution in [3.8, 4) is 0 Å². The Morgan fingerprint density at radius 1 is 1.33 bits per heavy atom. The highest BCUT2D eigenvalue weighted by atomic mass is 32.2. The van der Waals surface area contributed by atoms with Gasteiger partial charge in [-0.2, -0.15) is 4.99 Å². The maximum absolute atomic E-state index is 12.5. The number of hydrogen-bond donors (Lipinski definition) is 1. The van der Waals surface area contributed by atoms with Gasteiger partial charge in [-0.3, -0.25) is 4.79 Å². The molecule has 1 aliphatic carbocycles. The molecule has 1 amide bonds. The van der Waals surface area contributed by atoms with Crippen LogP contribution in [0.15, 0.2) is 45.7 Å². The average molecular weight is 365 g/mol. The van der Waals surface area contributed by atoms with E-state index in [9.17, 15) is 13.2 Å². The van der Waals surface area contributed by atoms with Crippen LogP contribution >= 0.6 is 11.3 Å². The summed E-state index contributed by atoms with van der Waals surface area (Å²) >= 11 is 1.35. The Bertz CT molecular complexity index is 906. The van der Waals surface area contributed by atoms with Crippen LogP contribution in [0.1, 0.15) is 36.0 Å². The van der Waals surface area contributed by atoms with E-state index in [1.165, 1.54) is 23.5 Å². The van der Waals surface area contributed by atoms with Crippen molar-refractivity contribution in [1.82, 2.24) is 9.29 Å². The van der Waals surface area contributed by atoms with Gasteiger partial charge in [-0.1, -0.05) is 18.9 Å². The van der Waals surface area contributed by atoms with E-state index in [1.807, 2.05) is 11.6 Å². The molecular formula is C16H19N3O3S2. The summed E-state index contributed by atoms with van der Waals surface area (Å²) in [5, 5.41) is 1.83. The second-order valence-corrected chi connectivity index (χ2v) is 8.43. The zero-order valence-electron chi connectivity index (χ0n) is 13.3. The Hall–Kier alpha value is -1.77. The van der Waals surface area contributed by atoms with Crippen LogP contribution in [0, 0.1) is 0 Å². The number of rotatable bonds is 4. The van der Waals surface area contributed by atoms with Gasteiger partial charge >= 0.3 is 0 Å². The van der Waals surface area contributed by atoms with Gasteiger partial charge in [0.2, 0.25) is 10.0 Å². The van der Waals surface area contributed by atoms with Gasteiger partial charge in [-0.15, -0.1) is 11.3 Å². The molecule has 0 spiro atoms. The molecule has 1 aromatic carbocycles. The summed E-state index contributed by atoms with van der Waals surface area (Å²) in [6.45, 7) is 0. The maximum atomic E-state index is 12.5. The minimum Gasteiger partial charge on any atom is -0.327 e. The highest BCUT2D eigenvalue weighted by Crippen LogP contribution is 2.21. The highest BCUT2D eigenvalue weighted by molar-refractivity contribution is 7.89. The van der Waals surface area contributed by atoms with Gasteiger partial charge in [0.25, 0.3) is 5.91 Å². The number of hydrogen-bond acceptors (Lipinski definition) is 4. The number of aryl methyl sites for hydroxylation is 1. The maximum Gasteiger partial charge on any atom is 0.279 e. The van der Waals surface area contributed by atoms with Gasteiger partial charge in [-0.05, 0) is 31.0 Å². The summed E-state index contributed by atoms with van der Waals surface area (Å²) in [6.07, 6.45) is 5.62. The quantitative estimate of drug-likeness (QED) is 0.900. The van der Waals surface area contributed by atoms with E-state index in [-0.39, 0.29) is 16.5 Å². The van der Waals surface area contributed by atoms with E-state index >= 15 is 0 Å². The van der Waals surface area contributed by atoms with Crippen molar-refractivity contribution in [3.63, 3.8) is 0 Å². The number of carbonyl (C=O) groups is 1. The third-order valence-electron chi connectivity index (χ3n) is 4.03. The number of sulfonamides is 1. The number of aromatic nitrogens is 1. The number of benzene rings is 1. The lowest BCUT2D eigenvalue weighted by Gasteiger charge is -2.12. The summed E-state index contributed by atoms with van der Waals surface area (Å²) in [6, 6.07) is 6.02. The fourth-order valence-corrected chi connectivity index (χ4v) is 4.79. The first-order chi connectivity index (χ1) is 11.5. The van der Waals surface area contributed by atoms with Gasteiger partial charge in [0, 0.05) is 30.2 Å². The van der Waals surface area contributed by atoms with Gasteiger partial charge in [0.05, 0.1) is 4.90 Å². The molecule has 0 atom stereocenters. The van der Waals surface area contributed by atoms with Crippen molar-refractivity contribution in [3.05, 3.63) is 46.2 Å². The van der Waals surface area contributed by atoms with E-state index in [0.29, 0.717) is 4.80 Å². The van der Waals surface area contributed by atoms with Crippen molar-refractivity contribution < 1.29 is 13.2 Å². The van der Waals surface area contributed by atoms with Gasteiger partial charge in [-0.25, -0.2) is 13.1 Å². The normalized spacial score (nSPS) is 16.6. The lowest BCUT2D eigenvalue weighted by Crippen LogP contribution is -2.32. The number of nitrogens with zero attached hydrogens (tertiary/aromatic N) is 2. The summed E-state index contributed by atoms with van der Waals surface area (Å²) in [7, 11) is -1.82. The second-order valence-electron chi connectivity index (χ2n) is 5.84. The van der Waals surface area contributed by atoms with Crippen LogP contribution < -0.4 is 9.52 Å². The molecule has 3 rings (SSSR count). The molecule has 6 nitrogen and oxygen atoms in total. The van der Waals surface area contributed by atoms with Crippen LogP contribution in [0.5, 0.6) is 0 Å². The second kappa shape index (κ2) is 7.00. The third-order valence-corrected chi connectivity index (χ3v) is 6.39. The zero-order valence-corrected chi connectivity index (χ0v) is 14.9. The summed E-state index contributed by atoms with van der Waals surface area (Å²) in [5.74, 6) is -0.453. The third kappa shape index (κ3) is 3.82. The monoisotopic (exact) mass is 365 g/mol. The van der Waals surface area contributed by atoms with Crippen LogP contribution in [-0.2, 0) is 17.1 Å². The molecule has 1 fully saturated rings. The molecular weight excluding hydrogens is 346 g/mol. The Labute approximate surface area is 144 Å². The topological polar surface area (TPSA) is 80.5 Å². The standard InChI is InChI=1S/C16H19N3O3S2/c1-19-9-10-23-16(19)17-15(20)12-5-4-8-14(11-12)24(21,22)18-13-6-2-3-7-13/h4-5,8-11,13,18H,2-3,6-7H2,1H3. The molecule has 1 heterocycles. The first kappa shape index (κ1) is 17.1. The number of thiazole rings is 1. The minimum atomic E-state index is -3.62. The van der Waals surface area contributed by atoms with Crippen LogP contribution in [0.25, 0.3) is 0 Å². The van der Waals surface area contributed by atoms with Crippen molar-refractivity contribution in [2.75, 3.05) is 0 Å². The molecule has 1 N–H and O–H groups in total. The Balaban J connectivity index is 1.86. The lowest BCUT2D eigenvalue weighted by atomic mass is 10.2. The molecule has 0 saturated heterocycles. The fourth-order valence-electron chi connectivity index (χ4n) is 2.71. The number of carbonyl (C=O) groups excluding carboxylic acids is 1. The Morgan fingerprint density at radius 2 is 2.08 bits per heavy atom. The van der Waals surface area contributed by atoms with Crippen molar-refractivity contribution >= 4 is 27.3 Å². The van der Waals surface area contributed by atoms with Crippen LogP contribution in [0.4, 0.5) is 0 Å². The van der Waals surface area contributed by atoms with E-state index in [0.717, 1.165) is 25.7 Å². The summed E-state index contributed by atoms with van der Waals surface area (Å²) < 4.78 is 29.4. The predicted molar refractivity (Wildman–Crippen MR) is 92.2 cm³/mol. The summed E-state index contributed by atoms with van der Waals surface area (Å²) in [4.78, 5) is 17.0. The summed E-state index contributed by atoms with van der Waals surface area (Å²) in [5.41, 5.74) is 0.262. The highest BCUT2D eigenvalue weighted by Gasteiger charge is 2.23. The molecule has 1 aromatic heterocycles. The van der Waals surface area contributed by atoms with E-state index < -0.39 is 15.9 Å². The first-order valence-electron chi connectivity index (χ1n) is 7.77. The Kier molecular flexibility index (Phi) is 4.98. The van der Waals surface area contributed by atoms with Crippen molar-refractivity contribution in [2.24, 2.45) is 12.0 Å². The molecule has 1 saturated carbocycles.